The minimum Gasteiger partial charge on any atom is -0.304 e. The van der Waals surface area contributed by atoms with Crippen LogP contribution < -0.4 is 5.69 Å². The summed E-state index contributed by atoms with van der Waals surface area (Å²) >= 11 is 0. The molecule has 5 rings (SSSR count). The van der Waals surface area contributed by atoms with Gasteiger partial charge in [-0.3, -0.25) is 14.5 Å². The fraction of sp³-hybridized carbons (Fsp3) is 0.273. The Hall–Kier alpha value is -2.92. The third kappa shape index (κ3) is 2.94. The molecule has 1 aliphatic rings. The number of fused-ring (bicyclic) bond motifs is 3. The van der Waals surface area contributed by atoms with Gasteiger partial charge in [-0.05, 0) is 30.5 Å². The number of benzene rings is 2. The highest BCUT2D eigenvalue weighted by Crippen LogP contribution is 2.28. The van der Waals surface area contributed by atoms with Gasteiger partial charge in [0.2, 0.25) is 0 Å². The van der Waals surface area contributed by atoms with Crippen molar-refractivity contribution in [3.8, 4) is 0 Å². The molecule has 1 saturated heterocycles. The minimum absolute atomic E-state index is 0.0235. The summed E-state index contributed by atoms with van der Waals surface area (Å²) in [5.74, 6) is 0. The number of pyridine rings is 1. The van der Waals surface area contributed by atoms with Gasteiger partial charge in [0.05, 0.1) is 16.6 Å². The summed E-state index contributed by atoms with van der Waals surface area (Å²) in [7, 11) is 0. The van der Waals surface area contributed by atoms with E-state index < -0.39 is 0 Å². The minimum atomic E-state index is -0.0235. The Bertz CT molecular complexity index is 1140. The number of nitrogens with one attached hydrogen (secondary N) is 1. The molecule has 5 heteroatoms. The van der Waals surface area contributed by atoms with Gasteiger partial charge in [0.1, 0.15) is 0 Å². The fourth-order valence-electron chi connectivity index (χ4n) is 4.27. The van der Waals surface area contributed by atoms with Crippen molar-refractivity contribution < 1.29 is 0 Å². The van der Waals surface area contributed by atoms with E-state index in [1.165, 1.54) is 5.56 Å². The second kappa shape index (κ2) is 6.67. The van der Waals surface area contributed by atoms with Crippen LogP contribution in [-0.4, -0.2) is 32.5 Å². The fourth-order valence-corrected chi connectivity index (χ4v) is 4.27. The van der Waals surface area contributed by atoms with E-state index in [0.29, 0.717) is 0 Å². The van der Waals surface area contributed by atoms with Crippen LogP contribution in [0.3, 0.4) is 0 Å². The lowest BCUT2D eigenvalue weighted by atomic mass is 10.0. The zero-order chi connectivity index (χ0) is 18.2. The van der Waals surface area contributed by atoms with Gasteiger partial charge in [-0.15, -0.1) is 0 Å². The van der Waals surface area contributed by atoms with E-state index in [2.05, 4.69) is 51.3 Å². The number of aromatic nitrogens is 3. The third-order valence-electron chi connectivity index (χ3n) is 5.63. The summed E-state index contributed by atoms with van der Waals surface area (Å²) in [6.45, 7) is 2.99. The number of hydrogen-bond acceptors (Lipinski definition) is 3. The standard InChI is InChI=1S/C22H22N4O/c27-22-24-21-19(9-8-17-7-4-12-23-20(17)21)26(22)18-10-13-25(14-11-18)15-16-5-2-1-3-6-16/h1-9,12,18H,10-11,13-15H2,(H,24,27). The van der Waals surface area contributed by atoms with E-state index in [1.54, 1.807) is 6.20 Å². The maximum absolute atomic E-state index is 12.7. The normalized spacial score (nSPS) is 16.3. The average molecular weight is 358 g/mol. The molecule has 5 nitrogen and oxygen atoms in total. The van der Waals surface area contributed by atoms with Crippen LogP contribution in [0.4, 0.5) is 0 Å². The molecule has 136 valence electrons. The maximum atomic E-state index is 12.7. The molecular weight excluding hydrogens is 336 g/mol. The molecule has 0 radical (unpaired) electrons. The van der Waals surface area contributed by atoms with Crippen molar-refractivity contribution in [2.75, 3.05) is 13.1 Å². The van der Waals surface area contributed by atoms with Crippen molar-refractivity contribution in [1.82, 2.24) is 19.4 Å². The van der Waals surface area contributed by atoms with E-state index in [-0.39, 0.29) is 11.7 Å². The van der Waals surface area contributed by atoms with Crippen LogP contribution in [0.15, 0.2) is 65.6 Å². The Morgan fingerprint density at radius 1 is 1.00 bits per heavy atom. The van der Waals surface area contributed by atoms with Gasteiger partial charge in [-0.25, -0.2) is 4.79 Å². The highest BCUT2D eigenvalue weighted by atomic mass is 16.1. The topological polar surface area (TPSA) is 53.9 Å². The molecule has 1 N–H and O–H groups in total. The lowest BCUT2D eigenvalue weighted by Crippen LogP contribution is -2.36. The molecule has 2 aromatic heterocycles. The van der Waals surface area contributed by atoms with E-state index in [4.69, 9.17) is 0 Å². The summed E-state index contributed by atoms with van der Waals surface area (Å²) in [4.78, 5) is 22.7. The van der Waals surface area contributed by atoms with E-state index in [0.717, 1.165) is 54.4 Å². The van der Waals surface area contributed by atoms with Gasteiger partial charge in [0, 0.05) is 37.3 Å². The third-order valence-corrected chi connectivity index (χ3v) is 5.63. The Morgan fingerprint density at radius 2 is 1.81 bits per heavy atom. The highest BCUT2D eigenvalue weighted by molar-refractivity contribution is 6.01. The first kappa shape index (κ1) is 16.3. The first-order valence-corrected chi connectivity index (χ1v) is 9.54. The number of nitrogens with zero attached hydrogens (tertiary/aromatic N) is 3. The van der Waals surface area contributed by atoms with Gasteiger partial charge >= 0.3 is 5.69 Å². The molecule has 1 fully saturated rings. The molecule has 1 aliphatic heterocycles. The summed E-state index contributed by atoms with van der Waals surface area (Å²) < 4.78 is 1.95. The Morgan fingerprint density at radius 3 is 2.63 bits per heavy atom. The molecule has 0 unspecified atom stereocenters. The second-order valence-electron chi connectivity index (χ2n) is 7.33. The largest absolute Gasteiger partial charge is 0.326 e. The summed E-state index contributed by atoms with van der Waals surface area (Å²) in [6, 6.07) is 18.9. The number of likely N-dealkylation sites (tertiary alicyclic amines) is 1. The number of hydrogen-bond donors (Lipinski definition) is 1. The highest BCUT2D eigenvalue weighted by Gasteiger charge is 2.24. The average Bonchev–Trinajstić information content (AvgIpc) is 3.06. The molecule has 0 atom stereocenters. The maximum Gasteiger partial charge on any atom is 0.326 e. The summed E-state index contributed by atoms with van der Waals surface area (Å²) in [6.07, 6.45) is 3.75. The quantitative estimate of drug-likeness (QED) is 0.607. The van der Waals surface area contributed by atoms with Crippen molar-refractivity contribution in [3.05, 3.63) is 76.8 Å². The molecule has 0 saturated carbocycles. The number of rotatable bonds is 3. The number of piperidine rings is 1. The summed E-state index contributed by atoms with van der Waals surface area (Å²) in [5.41, 5.74) is 4.01. The van der Waals surface area contributed by atoms with Gasteiger partial charge in [-0.2, -0.15) is 0 Å². The van der Waals surface area contributed by atoms with Crippen LogP contribution in [-0.2, 0) is 6.54 Å². The molecule has 0 spiro atoms. The Balaban J connectivity index is 1.41. The van der Waals surface area contributed by atoms with E-state index in [1.807, 2.05) is 22.8 Å². The molecule has 0 amide bonds. The molecule has 0 bridgehead atoms. The smallest absolute Gasteiger partial charge is 0.304 e. The van der Waals surface area contributed by atoms with Gasteiger partial charge in [0.25, 0.3) is 0 Å². The predicted octanol–water partition coefficient (Wildman–Crippen LogP) is 3.71. The SMILES string of the molecule is O=c1[nH]c2c3ncccc3ccc2n1C1CCN(Cc2ccccc2)CC1. The first-order valence-electron chi connectivity index (χ1n) is 9.54. The molecular formula is C22H22N4O. The van der Waals surface area contributed by atoms with Crippen molar-refractivity contribution in [2.24, 2.45) is 0 Å². The zero-order valence-electron chi connectivity index (χ0n) is 15.1. The molecule has 4 aromatic rings. The zero-order valence-corrected chi connectivity index (χ0v) is 15.1. The second-order valence-corrected chi connectivity index (χ2v) is 7.33. The predicted molar refractivity (Wildman–Crippen MR) is 108 cm³/mol. The monoisotopic (exact) mass is 358 g/mol. The van der Waals surface area contributed by atoms with Crippen LogP contribution in [0, 0.1) is 0 Å². The van der Waals surface area contributed by atoms with Crippen LogP contribution in [0.2, 0.25) is 0 Å². The van der Waals surface area contributed by atoms with E-state index >= 15 is 0 Å². The van der Waals surface area contributed by atoms with E-state index in [9.17, 15) is 4.79 Å². The van der Waals surface area contributed by atoms with Crippen molar-refractivity contribution >= 4 is 21.9 Å². The van der Waals surface area contributed by atoms with Crippen LogP contribution in [0.5, 0.6) is 0 Å². The molecule has 27 heavy (non-hydrogen) atoms. The number of aromatic amines is 1. The first-order chi connectivity index (χ1) is 13.3. The molecule has 2 aromatic carbocycles. The Labute approximate surface area is 157 Å². The van der Waals surface area contributed by atoms with Crippen LogP contribution in [0.1, 0.15) is 24.4 Å². The van der Waals surface area contributed by atoms with Crippen molar-refractivity contribution in [2.45, 2.75) is 25.4 Å². The van der Waals surface area contributed by atoms with Crippen molar-refractivity contribution in [1.29, 1.82) is 0 Å². The van der Waals surface area contributed by atoms with Gasteiger partial charge in [0.15, 0.2) is 0 Å². The number of H-pyrrole nitrogens is 1. The van der Waals surface area contributed by atoms with Gasteiger partial charge in [-0.1, -0.05) is 42.5 Å². The molecule has 0 aliphatic carbocycles. The Kier molecular flexibility index (Phi) is 4.02. The lowest BCUT2D eigenvalue weighted by molar-refractivity contribution is 0.180. The molecule has 3 heterocycles. The summed E-state index contributed by atoms with van der Waals surface area (Å²) in [5, 5.41) is 1.05. The van der Waals surface area contributed by atoms with Crippen LogP contribution in [0.25, 0.3) is 21.9 Å². The van der Waals surface area contributed by atoms with Gasteiger partial charge < -0.3 is 4.98 Å². The van der Waals surface area contributed by atoms with Crippen LogP contribution >= 0.6 is 0 Å². The number of imidazole rings is 1. The lowest BCUT2D eigenvalue weighted by Gasteiger charge is -2.32. The van der Waals surface area contributed by atoms with Crippen molar-refractivity contribution in [3.63, 3.8) is 0 Å².